The van der Waals surface area contributed by atoms with Crippen LogP contribution in [0.2, 0.25) is 0 Å². The van der Waals surface area contributed by atoms with Gasteiger partial charge in [-0.05, 0) is 55.8 Å². The van der Waals surface area contributed by atoms with Gasteiger partial charge < -0.3 is 9.32 Å². The average Bonchev–Trinajstić information content (AvgIpc) is 3.29. The summed E-state index contributed by atoms with van der Waals surface area (Å²) in [6.45, 7) is 4.05. The molecule has 0 unspecified atom stereocenters. The lowest BCUT2D eigenvalue weighted by atomic mass is 10.1. The Hall–Kier alpha value is -3.73. The van der Waals surface area contributed by atoms with Crippen LogP contribution in [0, 0.1) is 6.92 Å². The van der Waals surface area contributed by atoms with E-state index in [9.17, 15) is 4.79 Å². The third kappa shape index (κ3) is 4.01. The number of benzene rings is 3. The highest BCUT2D eigenvalue weighted by molar-refractivity contribution is 5.94. The van der Waals surface area contributed by atoms with Crippen LogP contribution in [0.5, 0.6) is 0 Å². The van der Waals surface area contributed by atoms with Gasteiger partial charge in [-0.1, -0.05) is 48.0 Å². The highest BCUT2D eigenvalue weighted by Gasteiger charge is 2.19. The molecule has 0 N–H and O–H groups in total. The molecule has 0 radical (unpaired) electrons. The standard InChI is InChI=1S/C25H23N3O2/c1-17-9-11-20(12-10-17)23-26-27-24(30-23)21-13-15-22(16-14-21)25(29)28(3)18(2)19-7-5-4-6-8-19/h4-16,18H,1-3H3/t18-/m1/s1. The summed E-state index contributed by atoms with van der Waals surface area (Å²) in [6.07, 6.45) is 0. The largest absolute Gasteiger partial charge is 0.416 e. The molecule has 0 spiro atoms. The molecule has 1 heterocycles. The molecule has 0 aliphatic rings. The van der Waals surface area contributed by atoms with E-state index in [1.54, 1.807) is 17.0 Å². The minimum atomic E-state index is -0.0382. The van der Waals surface area contributed by atoms with E-state index in [-0.39, 0.29) is 11.9 Å². The van der Waals surface area contributed by atoms with Crippen molar-refractivity contribution in [3.8, 4) is 22.9 Å². The molecule has 0 saturated carbocycles. The second-order valence-corrected chi connectivity index (χ2v) is 7.36. The molecule has 0 saturated heterocycles. The minimum Gasteiger partial charge on any atom is -0.416 e. The second-order valence-electron chi connectivity index (χ2n) is 7.36. The average molecular weight is 397 g/mol. The third-order valence-electron chi connectivity index (χ3n) is 5.29. The Morgan fingerprint density at radius 2 is 1.37 bits per heavy atom. The smallest absolute Gasteiger partial charge is 0.254 e. The van der Waals surface area contributed by atoms with E-state index in [0.29, 0.717) is 17.3 Å². The van der Waals surface area contributed by atoms with E-state index in [1.807, 2.05) is 87.6 Å². The van der Waals surface area contributed by atoms with E-state index in [1.165, 1.54) is 5.56 Å². The fourth-order valence-electron chi connectivity index (χ4n) is 3.24. The first-order valence-corrected chi connectivity index (χ1v) is 9.86. The van der Waals surface area contributed by atoms with Crippen LogP contribution in [-0.2, 0) is 0 Å². The van der Waals surface area contributed by atoms with E-state index in [4.69, 9.17) is 4.42 Å². The van der Waals surface area contributed by atoms with E-state index in [0.717, 1.165) is 16.7 Å². The Kier molecular flexibility index (Phi) is 5.44. The fourth-order valence-corrected chi connectivity index (χ4v) is 3.24. The normalized spacial score (nSPS) is 11.8. The highest BCUT2D eigenvalue weighted by atomic mass is 16.4. The first-order valence-electron chi connectivity index (χ1n) is 9.86. The number of carbonyl (C=O) groups is 1. The summed E-state index contributed by atoms with van der Waals surface area (Å²) in [4.78, 5) is 14.6. The van der Waals surface area contributed by atoms with Crippen LogP contribution in [0.4, 0.5) is 0 Å². The van der Waals surface area contributed by atoms with E-state index < -0.39 is 0 Å². The van der Waals surface area contributed by atoms with Gasteiger partial charge in [0, 0.05) is 23.7 Å². The zero-order valence-corrected chi connectivity index (χ0v) is 17.2. The molecular formula is C25H23N3O2. The van der Waals surface area contributed by atoms with Crippen LogP contribution < -0.4 is 0 Å². The molecular weight excluding hydrogens is 374 g/mol. The van der Waals surface area contributed by atoms with Gasteiger partial charge in [0.1, 0.15) is 0 Å². The van der Waals surface area contributed by atoms with Crippen molar-refractivity contribution in [1.82, 2.24) is 15.1 Å². The fraction of sp³-hybridized carbons (Fsp3) is 0.160. The second kappa shape index (κ2) is 8.33. The number of nitrogens with zero attached hydrogens (tertiary/aromatic N) is 3. The SMILES string of the molecule is Cc1ccc(-c2nnc(-c3ccc(C(=O)N(C)[C@H](C)c4ccccc4)cc3)o2)cc1. The lowest BCUT2D eigenvalue weighted by molar-refractivity contribution is 0.0742. The summed E-state index contributed by atoms with van der Waals surface area (Å²) in [5.74, 6) is 0.862. The maximum Gasteiger partial charge on any atom is 0.254 e. The summed E-state index contributed by atoms with van der Waals surface area (Å²) < 4.78 is 5.82. The molecule has 4 aromatic rings. The molecule has 0 fully saturated rings. The van der Waals surface area contributed by atoms with Crippen LogP contribution in [0.15, 0.2) is 83.3 Å². The number of carbonyl (C=O) groups excluding carboxylic acids is 1. The zero-order valence-electron chi connectivity index (χ0n) is 17.2. The van der Waals surface area contributed by atoms with Gasteiger partial charge in [-0.15, -0.1) is 10.2 Å². The topological polar surface area (TPSA) is 59.2 Å². The van der Waals surface area contributed by atoms with Crippen molar-refractivity contribution >= 4 is 5.91 Å². The van der Waals surface area contributed by atoms with Crippen molar-refractivity contribution in [1.29, 1.82) is 0 Å². The van der Waals surface area contributed by atoms with Crippen molar-refractivity contribution in [2.24, 2.45) is 0 Å². The quantitative estimate of drug-likeness (QED) is 0.443. The number of hydrogen-bond acceptors (Lipinski definition) is 4. The molecule has 30 heavy (non-hydrogen) atoms. The van der Waals surface area contributed by atoms with Crippen LogP contribution in [0.3, 0.4) is 0 Å². The summed E-state index contributed by atoms with van der Waals surface area (Å²) >= 11 is 0. The molecule has 0 bridgehead atoms. The van der Waals surface area contributed by atoms with Gasteiger partial charge >= 0.3 is 0 Å². The molecule has 4 rings (SSSR count). The number of aromatic nitrogens is 2. The highest BCUT2D eigenvalue weighted by Crippen LogP contribution is 2.25. The predicted molar refractivity (Wildman–Crippen MR) is 117 cm³/mol. The maximum atomic E-state index is 12.9. The molecule has 1 aromatic heterocycles. The molecule has 5 heteroatoms. The summed E-state index contributed by atoms with van der Waals surface area (Å²) in [6, 6.07) is 25.1. The zero-order chi connectivity index (χ0) is 21.1. The molecule has 3 aromatic carbocycles. The van der Waals surface area contributed by atoms with E-state index >= 15 is 0 Å². The Bertz CT molecular complexity index is 1130. The molecule has 1 atom stereocenters. The predicted octanol–water partition coefficient (Wildman–Crippen LogP) is 5.55. The van der Waals surface area contributed by atoms with Gasteiger partial charge in [-0.25, -0.2) is 0 Å². The Balaban J connectivity index is 1.50. The number of aryl methyl sites for hydroxylation is 1. The van der Waals surface area contributed by atoms with Crippen LogP contribution >= 0.6 is 0 Å². The van der Waals surface area contributed by atoms with Gasteiger partial charge in [0.25, 0.3) is 5.91 Å². The van der Waals surface area contributed by atoms with Gasteiger partial charge in [-0.3, -0.25) is 4.79 Å². The number of amides is 1. The van der Waals surface area contributed by atoms with Crippen LogP contribution in [-0.4, -0.2) is 28.1 Å². The van der Waals surface area contributed by atoms with Gasteiger partial charge in [0.2, 0.25) is 11.8 Å². The molecule has 0 aliphatic carbocycles. The molecule has 5 nitrogen and oxygen atoms in total. The first kappa shape index (κ1) is 19.6. The lowest BCUT2D eigenvalue weighted by Gasteiger charge is -2.25. The molecule has 150 valence electrons. The lowest BCUT2D eigenvalue weighted by Crippen LogP contribution is -2.29. The van der Waals surface area contributed by atoms with Crippen molar-refractivity contribution < 1.29 is 9.21 Å². The number of rotatable bonds is 5. The Morgan fingerprint density at radius 3 is 1.93 bits per heavy atom. The third-order valence-corrected chi connectivity index (χ3v) is 5.29. The minimum absolute atomic E-state index is 0.0219. The van der Waals surface area contributed by atoms with Gasteiger partial charge in [-0.2, -0.15) is 0 Å². The molecule has 1 amide bonds. The number of hydrogen-bond donors (Lipinski definition) is 0. The summed E-state index contributed by atoms with van der Waals surface area (Å²) in [5, 5.41) is 8.29. The van der Waals surface area contributed by atoms with Crippen molar-refractivity contribution in [2.75, 3.05) is 7.05 Å². The van der Waals surface area contributed by atoms with Gasteiger partial charge in [0.05, 0.1) is 6.04 Å². The summed E-state index contributed by atoms with van der Waals surface area (Å²) in [7, 11) is 1.82. The Morgan fingerprint density at radius 1 is 0.833 bits per heavy atom. The van der Waals surface area contributed by atoms with Crippen molar-refractivity contribution in [3.05, 3.63) is 95.6 Å². The van der Waals surface area contributed by atoms with Crippen LogP contribution in [0.25, 0.3) is 22.9 Å². The van der Waals surface area contributed by atoms with Crippen molar-refractivity contribution in [3.63, 3.8) is 0 Å². The van der Waals surface area contributed by atoms with Gasteiger partial charge in [0.15, 0.2) is 0 Å². The van der Waals surface area contributed by atoms with E-state index in [2.05, 4.69) is 10.2 Å². The van der Waals surface area contributed by atoms with Crippen LogP contribution in [0.1, 0.15) is 34.5 Å². The van der Waals surface area contributed by atoms with Crippen molar-refractivity contribution in [2.45, 2.75) is 19.9 Å². The molecule has 0 aliphatic heterocycles. The first-order chi connectivity index (χ1) is 14.5. The summed E-state index contributed by atoms with van der Waals surface area (Å²) in [5.41, 5.74) is 4.53. The monoisotopic (exact) mass is 397 g/mol. The maximum absolute atomic E-state index is 12.9. The Labute approximate surface area is 176 Å².